The molecule has 4 N–H and O–H groups in total. The van der Waals surface area contributed by atoms with Crippen molar-refractivity contribution < 1.29 is 14.9 Å². The van der Waals surface area contributed by atoms with E-state index in [2.05, 4.69) is 15.5 Å². The minimum atomic E-state index is -0.615. The van der Waals surface area contributed by atoms with Crippen LogP contribution in [0.5, 0.6) is 5.75 Å². The Morgan fingerprint density at radius 3 is 3.00 bits per heavy atom. The van der Waals surface area contributed by atoms with Crippen LogP contribution in [0.2, 0.25) is 0 Å². The predicted octanol–water partition coefficient (Wildman–Crippen LogP) is 0.716. The maximum atomic E-state index is 12.3. The number of quaternary nitrogens is 1. The SMILES string of the molecule is CC(C)NCC(O)COc1cccc2c1C(=Cc1ccn[nH]1)C[NH+]2[O-]. The molecule has 1 aromatic carbocycles. The van der Waals surface area contributed by atoms with Gasteiger partial charge in [0.2, 0.25) is 0 Å². The van der Waals surface area contributed by atoms with Crippen LogP contribution in [0, 0.1) is 5.21 Å². The minimum Gasteiger partial charge on any atom is -0.629 e. The molecule has 0 aliphatic carbocycles. The maximum absolute atomic E-state index is 12.3. The average molecular weight is 344 g/mol. The van der Waals surface area contributed by atoms with Gasteiger partial charge in [0, 0.05) is 30.4 Å². The molecule has 2 heterocycles. The highest BCUT2D eigenvalue weighted by Gasteiger charge is 2.28. The van der Waals surface area contributed by atoms with Crippen molar-refractivity contribution in [2.75, 3.05) is 19.7 Å². The third-order valence-corrected chi connectivity index (χ3v) is 4.04. The number of ether oxygens (including phenoxy) is 1. The number of H-pyrrole nitrogens is 1. The summed E-state index contributed by atoms with van der Waals surface area (Å²) in [5.74, 6) is 0.623. The molecule has 0 radical (unpaired) electrons. The second-order valence-electron chi connectivity index (χ2n) is 6.49. The molecule has 0 saturated heterocycles. The van der Waals surface area contributed by atoms with Crippen LogP contribution in [0.4, 0.5) is 5.69 Å². The Morgan fingerprint density at radius 2 is 2.28 bits per heavy atom. The zero-order valence-electron chi connectivity index (χ0n) is 14.5. The topological polar surface area (TPSA) is 97.7 Å². The van der Waals surface area contributed by atoms with Crippen LogP contribution < -0.4 is 15.1 Å². The molecular formula is C18H24N4O3. The molecule has 2 atom stereocenters. The Morgan fingerprint density at radius 1 is 1.44 bits per heavy atom. The summed E-state index contributed by atoms with van der Waals surface area (Å²) in [6.45, 7) is 5.02. The number of hydrogen-bond acceptors (Lipinski definition) is 5. The monoisotopic (exact) mass is 344 g/mol. The first-order valence-electron chi connectivity index (χ1n) is 8.45. The summed E-state index contributed by atoms with van der Waals surface area (Å²) in [5, 5.41) is 32.4. The van der Waals surface area contributed by atoms with Gasteiger partial charge < -0.3 is 25.4 Å². The van der Waals surface area contributed by atoms with Crippen LogP contribution in [0.15, 0.2) is 30.5 Å². The summed E-state index contributed by atoms with van der Waals surface area (Å²) in [7, 11) is 0. The van der Waals surface area contributed by atoms with Crippen LogP contribution in [0.3, 0.4) is 0 Å². The van der Waals surface area contributed by atoms with Gasteiger partial charge in [-0.25, -0.2) is 0 Å². The molecule has 25 heavy (non-hydrogen) atoms. The van der Waals surface area contributed by atoms with Crippen molar-refractivity contribution in [3.63, 3.8) is 0 Å². The molecule has 2 unspecified atom stereocenters. The van der Waals surface area contributed by atoms with E-state index >= 15 is 0 Å². The first-order chi connectivity index (χ1) is 12.0. The van der Waals surface area contributed by atoms with Crippen molar-refractivity contribution in [1.82, 2.24) is 15.5 Å². The molecule has 1 aliphatic heterocycles. The number of benzene rings is 1. The van der Waals surface area contributed by atoms with Gasteiger partial charge >= 0.3 is 0 Å². The number of aliphatic hydroxyl groups is 1. The number of fused-ring (bicyclic) bond motifs is 1. The first kappa shape index (κ1) is 17.6. The summed E-state index contributed by atoms with van der Waals surface area (Å²) in [4.78, 5) is 0. The number of aromatic amines is 1. The highest BCUT2D eigenvalue weighted by atomic mass is 16.5. The Bertz CT molecular complexity index is 728. The second kappa shape index (κ2) is 7.79. The summed E-state index contributed by atoms with van der Waals surface area (Å²) < 4.78 is 5.83. The van der Waals surface area contributed by atoms with Gasteiger partial charge in [0.05, 0.1) is 11.3 Å². The van der Waals surface area contributed by atoms with E-state index in [0.29, 0.717) is 30.6 Å². The van der Waals surface area contributed by atoms with Crippen molar-refractivity contribution in [1.29, 1.82) is 0 Å². The van der Waals surface area contributed by atoms with Gasteiger partial charge in [0.15, 0.2) is 0 Å². The Kier molecular flexibility index (Phi) is 5.50. The molecule has 0 fully saturated rings. The number of hydrogen-bond donors (Lipinski definition) is 4. The predicted molar refractivity (Wildman–Crippen MR) is 96.4 cm³/mol. The van der Waals surface area contributed by atoms with E-state index in [1.165, 1.54) is 0 Å². The fourth-order valence-corrected chi connectivity index (χ4v) is 2.85. The molecule has 0 bridgehead atoms. The number of hydroxylamine groups is 1. The van der Waals surface area contributed by atoms with Gasteiger partial charge in [0.25, 0.3) is 0 Å². The highest BCUT2D eigenvalue weighted by Crippen LogP contribution is 2.35. The van der Waals surface area contributed by atoms with E-state index in [4.69, 9.17) is 4.74 Å². The number of rotatable bonds is 7. The fourth-order valence-electron chi connectivity index (χ4n) is 2.85. The lowest BCUT2D eigenvalue weighted by Crippen LogP contribution is -3.00. The number of aromatic nitrogens is 2. The van der Waals surface area contributed by atoms with Crippen molar-refractivity contribution in [3.05, 3.63) is 46.9 Å². The van der Waals surface area contributed by atoms with Crippen molar-refractivity contribution in [2.24, 2.45) is 0 Å². The van der Waals surface area contributed by atoms with Crippen molar-refractivity contribution in [2.45, 2.75) is 26.0 Å². The van der Waals surface area contributed by atoms with Gasteiger partial charge in [-0.2, -0.15) is 5.10 Å². The van der Waals surface area contributed by atoms with Gasteiger partial charge in [0.1, 0.15) is 30.7 Å². The molecule has 7 nitrogen and oxygen atoms in total. The van der Waals surface area contributed by atoms with Crippen molar-refractivity contribution >= 4 is 17.3 Å². The Balaban J connectivity index is 1.78. The molecule has 0 spiro atoms. The molecule has 3 rings (SSSR count). The van der Waals surface area contributed by atoms with E-state index < -0.39 is 6.10 Å². The number of nitrogens with one attached hydrogen (secondary N) is 3. The van der Waals surface area contributed by atoms with E-state index in [0.717, 1.165) is 16.8 Å². The van der Waals surface area contributed by atoms with Gasteiger partial charge in [-0.1, -0.05) is 19.9 Å². The molecule has 1 aromatic heterocycles. The number of nitrogens with zero attached hydrogens (tertiary/aromatic N) is 1. The third-order valence-electron chi connectivity index (χ3n) is 4.04. The smallest absolute Gasteiger partial charge is 0.143 e. The van der Waals surface area contributed by atoms with Crippen LogP contribution in [0.1, 0.15) is 25.1 Å². The lowest BCUT2D eigenvalue weighted by atomic mass is 10.1. The molecule has 0 amide bonds. The molecular weight excluding hydrogens is 320 g/mol. The Labute approximate surface area is 146 Å². The third kappa shape index (κ3) is 4.26. The van der Waals surface area contributed by atoms with Crippen LogP contribution in [-0.2, 0) is 0 Å². The molecule has 7 heteroatoms. The summed E-state index contributed by atoms with van der Waals surface area (Å²) >= 11 is 0. The van der Waals surface area contributed by atoms with E-state index in [1.54, 1.807) is 6.20 Å². The normalized spacial score (nSPS) is 19.4. The van der Waals surface area contributed by atoms with Gasteiger partial charge in [-0.15, -0.1) is 0 Å². The first-order valence-corrected chi connectivity index (χ1v) is 8.45. The largest absolute Gasteiger partial charge is 0.629 e. The molecule has 1 aliphatic rings. The van der Waals surface area contributed by atoms with Gasteiger partial charge in [-0.3, -0.25) is 5.10 Å². The van der Waals surface area contributed by atoms with Crippen LogP contribution in [-0.4, -0.2) is 47.1 Å². The zero-order valence-corrected chi connectivity index (χ0v) is 14.5. The number of aliphatic hydroxyl groups excluding tert-OH is 1. The summed E-state index contributed by atoms with van der Waals surface area (Å²) in [6, 6.07) is 7.61. The zero-order chi connectivity index (χ0) is 17.8. The van der Waals surface area contributed by atoms with Crippen LogP contribution in [0.25, 0.3) is 11.6 Å². The second-order valence-corrected chi connectivity index (χ2v) is 6.49. The van der Waals surface area contributed by atoms with Crippen molar-refractivity contribution in [3.8, 4) is 5.75 Å². The van der Waals surface area contributed by atoms with E-state index in [1.807, 2.05) is 44.2 Å². The molecule has 2 aromatic rings. The quantitative estimate of drug-likeness (QED) is 0.555. The summed E-state index contributed by atoms with van der Waals surface area (Å²) in [6.07, 6.45) is 2.97. The lowest BCUT2D eigenvalue weighted by Gasteiger charge is -2.17. The van der Waals surface area contributed by atoms with E-state index in [9.17, 15) is 10.3 Å². The Hall–Kier alpha value is -2.19. The standard InChI is InChI=1S/C18H24N4O3/c1-12(2)19-9-15(23)11-25-17-5-3-4-16-18(17)13(10-22(16)24)8-14-6-7-20-21-14/h3-8,12,15,19,22-23H,9-11H2,1-2H3,(H,20,21). The lowest BCUT2D eigenvalue weighted by molar-refractivity contribution is -0.762. The fraction of sp³-hybridized carbons (Fsp3) is 0.389. The van der Waals surface area contributed by atoms with E-state index in [-0.39, 0.29) is 11.7 Å². The molecule has 134 valence electrons. The van der Waals surface area contributed by atoms with Crippen LogP contribution >= 0.6 is 0 Å². The maximum Gasteiger partial charge on any atom is 0.143 e. The van der Waals surface area contributed by atoms with Gasteiger partial charge in [-0.05, 0) is 18.2 Å². The highest BCUT2D eigenvalue weighted by molar-refractivity contribution is 5.89. The average Bonchev–Trinajstić information content (AvgIpc) is 3.20. The molecule has 0 saturated carbocycles. The minimum absolute atomic E-state index is 0.0771. The summed E-state index contributed by atoms with van der Waals surface area (Å²) in [5.41, 5.74) is 3.21.